The first-order valence-corrected chi connectivity index (χ1v) is 6.46. The Morgan fingerprint density at radius 2 is 2.30 bits per heavy atom. The second-order valence-electron chi connectivity index (χ2n) is 4.80. The molecular formula is C14H19N5O. The summed E-state index contributed by atoms with van der Waals surface area (Å²) in [7, 11) is 3.72. The molecule has 6 heteroatoms. The molecule has 1 amide bonds. The van der Waals surface area contributed by atoms with Crippen molar-refractivity contribution in [2.24, 2.45) is 7.05 Å². The van der Waals surface area contributed by atoms with Gasteiger partial charge in [0.15, 0.2) is 5.82 Å². The van der Waals surface area contributed by atoms with Crippen molar-refractivity contribution in [2.45, 2.75) is 13.0 Å². The van der Waals surface area contributed by atoms with Crippen molar-refractivity contribution in [1.82, 2.24) is 19.7 Å². The highest BCUT2D eigenvalue weighted by molar-refractivity contribution is 5.91. The number of nitrogens with one attached hydrogen (secondary N) is 1. The number of nitrogens with zero attached hydrogens (tertiary/aromatic N) is 4. The van der Waals surface area contributed by atoms with E-state index in [1.807, 2.05) is 44.2 Å². The van der Waals surface area contributed by atoms with E-state index in [9.17, 15) is 4.79 Å². The highest BCUT2D eigenvalue weighted by Gasteiger charge is 2.15. The molecule has 1 unspecified atom stereocenters. The van der Waals surface area contributed by atoms with Crippen LogP contribution >= 0.6 is 0 Å². The zero-order chi connectivity index (χ0) is 14.5. The van der Waals surface area contributed by atoms with E-state index in [1.165, 1.54) is 0 Å². The molecule has 0 aliphatic rings. The Kier molecular flexibility index (Phi) is 4.47. The van der Waals surface area contributed by atoms with Crippen LogP contribution in [0.2, 0.25) is 0 Å². The third-order valence-electron chi connectivity index (χ3n) is 3.20. The highest BCUT2D eigenvalue weighted by Crippen LogP contribution is 2.16. The van der Waals surface area contributed by atoms with Crippen LogP contribution in [0.1, 0.15) is 18.5 Å². The van der Waals surface area contributed by atoms with Crippen LogP contribution in [0.15, 0.2) is 36.8 Å². The maximum atomic E-state index is 12.0. The van der Waals surface area contributed by atoms with E-state index in [0.29, 0.717) is 12.4 Å². The summed E-state index contributed by atoms with van der Waals surface area (Å²) >= 11 is 0. The third-order valence-corrected chi connectivity index (χ3v) is 3.20. The van der Waals surface area contributed by atoms with Gasteiger partial charge in [-0.15, -0.1) is 0 Å². The molecule has 1 N–H and O–H groups in total. The van der Waals surface area contributed by atoms with Crippen LogP contribution in [0.5, 0.6) is 0 Å². The van der Waals surface area contributed by atoms with Gasteiger partial charge in [0.1, 0.15) is 0 Å². The standard InChI is InChI=1S/C14H19N5O/c1-11(12-5-4-7-15-9-12)18(2)10-14(20)16-13-6-8-19(3)17-13/h4-9,11H,10H2,1-3H3,(H,16,17,20). The Morgan fingerprint density at radius 3 is 2.90 bits per heavy atom. The molecule has 0 saturated heterocycles. The van der Waals surface area contributed by atoms with Gasteiger partial charge in [-0.25, -0.2) is 0 Å². The highest BCUT2D eigenvalue weighted by atomic mass is 16.2. The minimum atomic E-state index is -0.0815. The van der Waals surface area contributed by atoms with Crippen molar-refractivity contribution >= 4 is 11.7 Å². The van der Waals surface area contributed by atoms with Gasteiger partial charge in [-0.1, -0.05) is 6.07 Å². The van der Waals surface area contributed by atoms with E-state index in [-0.39, 0.29) is 11.9 Å². The molecule has 0 aliphatic carbocycles. The van der Waals surface area contributed by atoms with Crippen LogP contribution in [0.25, 0.3) is 0 Å². The van der Waals surface area contributed by atoms with Crippen LogP contribution in [0.4, 0.5) is 5.82 Å². The van der Waals surface area contributed by atoms with E-state index in [1.54, 1.807) is 23.1 Å². The summed E-state index contributed by atoms with van der Waals surface area (Å²) in [6, 6.07) is 5.79. The SMILES string of the molecule is CC(c1cccnc1)N(C)CC(=O)Nc1ccn(C)n1. The normalized spacial score (nSPS) is 12.4. The quantitative estimate of drug-likeness (QED) is 0.895. The first-order valence-electron chi connectivity index (χ1n) is 6.46. The van der Waals surface area contributed by atoms with E-state index >= 15 is 0 Å². The lowest BCUT2D eigenvalue weighted by molar-refractivity contribution is -0.117. The number of pyridine rings is 1. The molecule has 0 bridgehead atoms. The summed E-state index contributed by atoms with van der Waals surface area (Å²) in [4.78, 5) is 18.0. The van der Waals surface area contributed by atoms with Crippen LogP contribution in [-0.4, -0.2) is 39.2 Å². The molecule has 0 aromatic carbocycles. The molecule has 0 spiro atoms. The number of aryl methyl sites for hydroxylation is 1. The van der Waals surface area contributed by atoms with Crippen LogP contribution < -0.4 is 5.32 Å². The van der Waals surface area contributed by atoms with E-state index in [2.05, 4.69) is 15.4 Å². The lowest BCUT2D eigenvalue weighted by atomic mass is 10.1. The van der Waals surface area contributed by atoms with Gasteiger partial charge in [-0.2, -0.15) is 5.10 Å². The van der Waals surface area contributed by atoms with Crippen molar-refractivity contribution in [2.75, 3.05) is 18.9 Å². The molecule has 0 saturated carbocycles. The Hall–Kier alpha value is -2.21. The minimum Gasteiger partial charge on any atom is -0.308 e. The van der Waals surface area contributed by atoms with Gasteiger partial charge >= 0.3 is 0 Å². The summed E-state index contributed by atoms with van der Waals surface area (Å²) in [6.45, 7) is 2.34. The molecule has 2 rings (SSSR count). The predicted octanol–water partition coefficient (Wildman–Crippen LogP) is 1.45. The van der Waals surface area contributed by atoms with E-state index in [4.69, 9.17) is 0 Å². The molecule has 0 radical (unpaired) electrons. The fourth-order valence-electron chi connectivity index (χ4n) is 1.91. The van der Waals surface area contributed by atoms with Gasteiger partial charge in [0.2, 0.25) is 5.91 Å². The summed E-state index contributed by atoms with van der Waals surface area (Å²) in [6.07, 6.45) is 5.35. The second-order valence-corrected chi connectivity index (χ2v) is 4.80. The number of anilines is 1. The maximum Gasteiger partial charge on any atom is 0.239 e. The fourth-order valence-corrected chi connectivity index (χ4v) is 1.91. The van der Waals surface area contributed by atoms with Gasteiger partial charge in [-0.05, 0) is 25.6 Å². The van der Waals surface area contributed by atoms with Crippen molar-refractivity contribution in [3.05, 3.63) is 42.4 Å². The average molecular weight is 273 g/mol. The van der Waals surface area contributed by atoms with Crippen molar-refractivity contribution in [3.8, 4) is 0 Å². The van der Waals surface area contributed by atoms with Gasteiger partial charge < -0.3 is 5.32 Å². The lowest BCUT2D eigenvalue weighted by Crippen LogP contribution is -2.32. The number of hydrogen-bond acceptors (Lipinski definition) is 4. The van der Waals surface area contributed by atoms with Crippen LogP contribution in [-0.2, 0) is 11.8 Å². The fraction of sp³-hybridized carbons (Fsp3) is 0.357. The topological polar surface area (TPSA) is 63.1 Å². The third kappa shape index (κ3) is 3.64. The van der Waals surface area contributed by atoms with Crippen LogP contribution in [0, 0.1) is 0 Å². The Bertz CT molecular complexity index is 566. The number of carbonyl (C=O) groups is 1. The number of aromatic nitrogens is 3. The molecule has 20 heavy (non-hydrogen) atoms. The largest absolute Gasteiger partial charge is 0.308 e. The van der Waals surface area contributed by atoms with Gasteiger partial charge in [0, 0.05) is 37.7 Å². The zero-order valence-electron chi connectivity index (χ0n) is 11.9. The summed E-state index contributed by atoms with van der Waals surface area (Å²) < 4.78 is 1.65. The van der Waals surface area contributed by atoms with Crippen molar-refractivity contribution < 1.29 is 4.79 Å². The minimum absolute atomic E-state index is 0.0815. The van der Waals surface area contributed by atoms with E-state index < -0.39 is 0 Å². The summed E-state index contributed by atoms with van der Waals surface area (Å²) in [5.41, 5.74) is 1.08. The van der Waals surface area contributed by atoms with Crippen molar-refractivity contribution in [1.29, 1.82) is 0 Å². The predicted molar refractivity (Wildman–Crippen MR) is 77.1 cm³/mol. The Labute approximate surface area is 118 Å². The monoisotopic (exact) mass is 273 g/mol. The molecule has 6 nitrogen and oxygen atoms in total. The van der Waals surface area contributed by atoms with Crippen LogP contribution in [0.3, 0.4) is 0 Å². The molecule has 2 heterocycles. The smallest absolute Gasteiger partial charge is 0.239 e. The molecule has 1 atom stereocenters. The first-order chi connectivity index (χ1) is 9.56. The summed E-state index contributed by atoms with van der Waals surface area (Å²) in [5.74, 6) is 0.488. The molecule has 2 aromatic rings. The summed E-state index contributed by atoms with van der Waals surface area (Å²) in [5, 5.41) is 6.89. The zero-order valence-corrected chi connectivity index (χ0v) is 11.9. The molecule has 106 valence electrons. The molecule has 0 aliphatic heterocycles. The van der Waals surface area contributed by atoms with E-state index in [0.717, 1.165) is 5.56 Å². The number of carbonyl (C=O) groups excluding carboxylic acids is 1. The van der Waals surface area contributed by atoms with Crippen molar-refractivity contribution in [3.63, 3.8) is 0 Å². The first kappa shape index (κ1) is 14.2. The number of likely N-dealkylation sites (N-methyl/N-ethyl adjacent to an activating group) is 1. The Balaban J connectivity index is 1.90. The number of rotatable bonds is 5. The van der Waals surface area contributed by atoms with Gasteiger partial charge in [-0.3, -0.25) is 19.4 Å². The Morgan fingerprint density at radius 1 is 1.50 bits per heavy atom. The van der Waals surface area contributed by atoms with Gasteiger partial charge in [0.25, 0.3) is 0 Å². The second kappa shape index (κ2) is 6.29. The molecule has 0 fully saturated rings. The van der Waals surface area contributed by atoms with Gasteiger partial charge in [0.05, 0.1) is 6.54 Å². The molecular weight excluding hydrogens is 254 g/mol. The molecule has 2 aromatic heterocycles. The number of amides is 1. The number of hydrogen-bond donors (Lipinski definition) is 1. The lowest BCUT2D eigenvalue weighted by Gasteiger charge is -2.23. The average Bonchev–Trinajstić information content (AvgIpc) is 2.84. The maximum absolute atomic E-state index is 12.0.